The van der Waals surface area contributed by atoms with E-state index in [2.05, 4.69) is 13.0 Å². The van der Waals surface area contributed by atoms with Gasteiger partial charge in [0.1, 0.15) is 0 Å². The van der Waals surface area contributed by atoms with Gasteiger partial charge < -0.3 is 4.90 Å². The molecule has 0 aromatic heterocycles. The quantitative estimate of drug-likeness (QED) is 0.362. The molecule has 0 saturated heterocycles. The van der Waals surface area contributed by atoms with Gasteiger partial charge in [0.15, 0.2) is 0 Å². The number of carbonyl (C=O) groups is 1. The third kappa shape index (κ3) is 7.32. The van der Waals surface area contributed by atoms with Crippen LogP contribution in [0.2, 0.25) is 0 Å². The summed E-state index contributed by atoms with van der Waals surface area (Å²) in [5.74, 6) is 0.0279. The minimum atomic E-state index is 0.0279. The molecule has 0 aliphatic heterocycles. The number of rotatable bonds is 5. The standard InChI is InChI=1S/C11H19NO/c1-4-5-6-7-8-9-10-11(13)12(2)3/h7-10H,4-6H2,1-3H3/b8-7+,10-9+. The summed E-state index contributed by atoms with van der Waals surface area (Å²) in [6.45, 7) is 2.17. The van der Waals surface area contributed by atoms with Crippen LogP contribution in [0.3, 0.4) is 0 Å². The lowest BCUT2D eigenvalue weighted by Gasteiger charge is -2.04. The van der Waals surface area contributed by atoms with Crippen molar-refractivity contribution in [1.82, 2.24) is 4.90 Å². The van der Waals surface area contributed by atoms with Crippen molar-refractivity contribution in [3.8, 4) is 0 Å². The Labute approximate surface area is 80.9 Å². The molecule has 0 heterocycles. The first-order valence-corrected chi connectivity index (χ1v) is 4.73. The average Bonchev–Trinajstić information content (AvgIpc) is 2.10. The number of carbonyl (C=O) groups excluding carboxylic acids is 1. The molecule has 0 radical (unpaired) electrons. The van der Waals surface area contributed by atoms with Crippen molar-refractivity contribution in [3.63, 3.8) is 0 Å². The van der Waals surface area contributed by atoms with Crippen LogP contribution in [0.5, 0.6) is 0 Å². The second kappa shape index (κ2) is 7.59. The maximum atomic E-state index is 11.0. The lowest BCUT2D eigenvalue weighted by molar-refractivity contribution is -0.123. The fraction of sp³-hybridized carbons (Fsp3) is 0.545. The van der Waals surface area contributed by atoms with Crippen molar-refractivity contribution in [2.24, 2.45) is 0 Å². The van der Waals surface area contributed by atoms with Gasteiger partial charge in [-0.15, -0.1) is 0 Å². The Bertz CT molecular complexity index is 192. The lowest BCUT2D eigenvalue weighted by atomic mass is 10.2. The van der Waals surface area contributed by atoms with Gasteiger partial charge in [0, 0.05) is 20.2 Å². The molecular formula is C11H19NO. The summed E-state index contributed by atoms with van der Waals surface area (Å²) >= 11 is 0. The van der Waals surface area contributed by atoms with E-state index in [9.17, 15) is 4.79 Å². The fourth-order valence-corrected chi connectivity index (χ4v) is 0.784. The normalized spacial score (nSPS) is 11.3. The van der Waals surface area contributed by atoms with Crippen LogP contribution in [-0.2, 0) is 4.79 Å². The Balaban J connectivity index is 3.62. The highest BCUT2D eigenvalue weighted by molar-refractivity contribution is 5.87. The van der Waals surface area contributed by atoms with Gasteiger partial charge in [-0.1, -0.05) is 38.0 Å². The molecule has 0 aliphatic rings. The van der Waals surface area contributed by atoms with Crippen LogP contribution in [0.25, 0.3) is 0 Å². The number of nitrogens with zero attached hydrogens (tertiary/aromatic N) is 1. The topological polar surface area (TPSA) is 20.3 Å². The third-order valence-corrected chi connectivity index (χ3v) is 1.65. The first-order valence-electron chi connectivity index (χ1n) is 4.73. The highest BCUT2D eigenvalue weighted by Crippen LogP contribution is 1.94. The monoisotopic (exact) mass is 181 g/mol. The second-order valence-electron chi connectivity index (χ2n) is 3.16. The van der Waals surface area contributed by atoms with Crippen LogP contribution in [0, 0.1) is 0 Å². The molecule has 0 spiro atoms. The van der Waals surface area contributed by atoms with E-state index in [4.69, 9.17) is 0 Å². The molecule has 13 heavy (non-hydrogen) atoms. The molecule has 0 N–H and O–H groups in total. The number of hydrogen-bond acceptors (Lipinski definition) is 1. The minimum absolute atomic E-state index is 0.0279. The molecule has 0 aromatic carbocycles. The Morgan fingerprint density at radius 3 is 2.54 bits per heavy atom. The van der Waals surface area contributed by atoms with Crippen molar-refractivity contribution in [1.29, 1.82) is 0 Å². The van der Waals surface area contributed by atoms with E-state index in [0.717, 1.165) is 6.42 Å². The summed E-state index contributed by atoms with van der Waals surface area (Å²) in [5, 5.41) is 0. The van der Waals surface area contributed by atoms with Crippen molar-refractivity contribution in [2.45, 2.75) is 26.2 Å². The number of likely N-dealkylation sites (N-methyl/N-ethyl adjacent to an activating group) is 1. The van der Waals surface area contributed by atoms with E-state index in [-0.39, 0.29) is 5.91 Å². The van der Waals surface area contributed by atoms with Crippen LogP contribution in [0.15, 0.2) is 24.3 Å². The van der Waals surface area contributed by atoms with Gasteiger partial charge in [0.25, 0.3) is 0 Å². The molecule has 0 unspecified atom stereocenters. The number of amides is 1. The molecule has 0 aromatic rings. The summed E-state index contributed by atoms with van der Waals surface area (Å²) in [4.78, 5) is 12.6. The lowest BCUT2D eigenvalue weighted by Crippen LogP contribution is -2.18. The minimum Gasteiger partial charge on any atom is -0.345 e. The van der Waals surface area contributed by atoms with E-state index in [0.29, 0.717) is 0 Å². The average molecular weight is 181 g/mol. The Morgan fingerprint density at radius 2 is 2.00 bits per heavy atom. The smallest absolute Gasteiger partial charge is 0.246 e. The molecule has 0 bridgehead atoms. The van der Waals surface area contributed by atoms with Gasteiger partial charge in [-0.05, 0) is 6.42 Å². The van der Waals surface area contributed by atoms with Crippen molar-refractivity contribution < 1.29 is 4.79 Å². The Kier molecular flexibility index (Phi) is 6.98. The van der Waals surface area contributed by atoms with Crippen molar-refractivity contribution in [2.75, 3.05) is 14.1 Å². The fourth-order valence-electron chi connectivity index (χ4n) is 0.784. The van der Waals surface area contributed by atoms with Gasteiger partial charge in [-0.25, -0.2) is 0 Å². The molecule has 74 valence electrons. The van der Waals surface area contributed by atoms with Crippen LogP contribution in [0.1, 0.15) is 26.2 Å². The molecule has 2 nitrogen and oxygen atoms in total. The molecule has 0 rings (SSSR count). The number of hydrogen-bond donors (Lipinski definition) is 0. The summed E-state index contributed by atoms with van der Waals surface area (Å²) in [5.41, 5.74) is 0. The third-order valence-electron chi connectivity index (χ3n) is 1.65. The van der Waals surface area contributed by atoms with E-state index in [1.165, 1.54) is 12.8 Å². The van der Waals surface area contributed by atoms with E-state index >= 15 is 0 Å². The zero-order valence-corrected chi connectivity index (χ0v) is 8.79. The Morgan fingerprint density at radius 1 is 1.31 bits per heavy atom. The van der Waals surface area contributed by atoms with Gasteiger partial charge in [-0.2, -0.15) is 0 Å². The van der Waals surface area contributed by atoms with Crippen LogP contribution in [-0.4, -0.2) is 24.9 Å². The summed E-state index contributed by atoms with van der Waals surface area (Å²) in [6.07, 6.45) is 10.9. The maximum absolute atomic E-state index is 11.0. The molecular weight excluding hydrogens is 162 g/mol. The van der Waals surface area contributed by atoms with Gasteiger partial charge in [0.2, 0.25) is 5.91 Å². The summed E-state index contributed by atoms with van der Waals surface area (Å²) in [7, 11) is 3.49. The predicted octanol–water partition coefficient (Wildman–Crippen LogP) is 2.38. The molecule has 1 amide bonds. The van der Waals surface area contributed by atoms with Gasteiger partial charge >= 0.3 is 0 Å². The summed E-state index contributed by atoms with van der Waals surface area (Å²) in [6, 6.07) is 0. The predicted molar refractivity (Wildman–Crippen MR) is 56.5 cm³/mol. The molecule has 0 saturated carbocycles. The van der Waals surface area contributed by atoms with E-state index in [1.807, 2.05) is 6.08 Å². The summed E-state index contributed by atoms with van der Waals surface area (Å²) < 4.78 is 0. The molecule has 2 heteroatoms. The largest absolute Gasteiger partial charge is 0.345 e. The van der Waals surface area contributed by atoms with Gasteiger partial charge in [-0.3, -0.25) is 4.79 Å². The maximum Gasteiger partial charge on any atom is 0.246 e. The Hall–Kier alpha value is -1.05. The first kappa shape index (κ1) is 11.9. The molecule has 0 atom stereocenters. The van der Waals surface area contributed by atoms with Crippen molar-refractivity contribution >= 4 is 5.91 Å². The van der Waals surface area contributed by atoms with E-state index < -0.39 is 0 Å². The van der Waals surface area contributed by atoms with Crippen LogP contribution < -0.4 is 0 Å². The zero-order valence-electron chi connectivity index (χ0n) is 8.79. The first-order chi connectivity index (χ1) is 6.18. The van der Waals surface area contributed by atoms with Crippen molar-refractivity contribution in [3.05, 3.63) is 24.3 Å². The van der Waals surface area contributed by atoms with E-state index in [1.54, 1.807) is 31.1 Å². The van der Waals surface area contributed by atoms with Gasteiger partial charge in [0.05, 0.1) is 0 Å². The van der Waals surface area contributed by atoms with Crippen LogP contribution in [0.4, 0.5) is 0 Å². The number of unbranched alkanes of at least 4 members (excludes halogenated alkanes) is 2. The highest BCUT2D eigenvalue weighted by Gasteiger charge is 1.93. The number of allylic oxidation sites excluding steroid dienone is 3. The molecule has 0 aliphatic carbocycles. The van der Waals surface area contributed by atoms with Crippen LogP contribution >= 0.6 is 0 Å². The zero-order chi connectivity index (χ0) is 10.1. The molecule has 0 fully saturated rings. The highest BCUT2D eigenvalue weighted by atomic mass is 16.2. The second-order valence-corrected chi connectivity index (χ2v) is 3.16. The SMILES string of the molecule is CCCC/C=C/C=C/C(=O)N(C)C.